The molecule has 0 spiro atoms. The number of nitrogens with two attached hydrogens (primary N) is 1. The van der Waals surface area contributed by atoms with Crippen molar-refractivity contribution >= 4 is 29.0 Å². The first-order valence-corrected chi connectivity index (χ1v) is 13.8. The summed E-state index contributed by atoms with van der Waals surface area (Å²) in [7, 11) is 0. The van der Waals surface area contributed by atoms with Crippen LogP contribution in [-0.2, 0) is 15.7 Å². The van der Waals surface area contributed by atoms with Gasteiger partial charge in [-0.3, -0.25) is 14.0 Å². The molecule has 43 heavy (non-hydrogen) atoms. The van der Waals surface area contributed by atoms with Crippen LogP contribution in [0.2, 0.25) is 0 Å². The number of aromatic nitrogens is 4. The van der Waals surface area contributed by atoms with Crippen LogP contribution in [0.15, 0.2) is 48.8 Å². The maximum Gasteiger partial charge on any atom is 0.416 e. The Morgan fingerprint density at radius 1 is 1.19 bits per heavy atom. The molecule has 2 amide bonds. The van der Waals surface area contributed by atoms with E-state index in [0.717, 1.165) is 31.2 Å². The third-order valence-electron chi connectivity index (χ3n) is 7.97. The van der Waals surface area contributed by atoms with Crippen molar-refractivity contribution in [2.45, 2.75) is 38.8 Å². The van der Waals surface area contributed by atoms with Gasteiger partial charge in [0.05, 0.1) is 24.2 Å². The number of ether oxygens (including phenoxy) is 1. The van der Waals surface area contributed by atoms with Gasteiger partial charge in [-0.25, -0.2) is 15.0 Å². The number of hydrogen-bond donors (Lipinski definition) is 2. The molecule has 3 N–H and O–H groups in total. The zero-order valence-electron chi connectivity index (χ0n) is 24.3. The second-order valence-corrected chi connectivity index (χ2v) is 11.2. The summed E-state index contributed by atoms with van der Waals surface area (Å²) in [6, 6.07) is 7.99. The van der Waals surface area contributed by atoms with Crippen molar-refractivity contribution < 1.29 is 28.9 Å². The predicted molar refractivity (Wildman–Crippen MR) is 152 cm³/mol. The van der Waals surface area contributed by atoms with Crippen LogP contribution in [0.1, 0.15) is 54.5 Å². The molecular formula is C30H30F3N7O3. The molecule has 3 aromatic heterocycles. The van der Waals surface area contributed by atoms with E-state index in [-0.39, 0.29) is 35.9 Å². The topological polar surface area (TPSA) is 128 Å². The van der Waals surface area contributed by atoms with Crippen LogP contribution in [-0.4, -0.2) is 62.4 Å². The number of nitrogen functional groups attached to an aromatic ring is 1. The number of halogens is 3. The lowest BCUT2D eigenvalue weighted by Gasteiger charge is -2.42. The van der Waals surface area contributed by atoms with Crippen molar-refractivity contribution in [2.75, 3.05) is 37.4 Å². The molecule has 1 aromatic carbocycles. The van der Waals surface area contributed by atoms with Gasteiger partial charge in [-0.2, -0.15) is 13.2 Å². The molecular weight excluding hydrogens is 563 g/mol. The number of carbonyl (C=O) groups is 2. The molecule has 2 aliphatic rings. The molecule has 2 aliphatic heterocycles. The van der Waals surface area contributed by atoms with Crippen molar-refractivity contribution in [3.63, 3.8) is 0 Å². The number of pyridine rings is 1. The van der Waals surface area contributed by atoms with E-state index in [9.17, 15) is 22.8 Å². The fraction of sp³-hybridized carbons (Fsp3) is 0.367. The molecule has 2 saturated heterocycles. The summed E-state index contributed by atoms with van der Waals surface area (Å²) in [5, 5.41) is 2.40. The van der Waals surface area contributed by atoms with Gasteiger partial charge < -0.3 is 20.7 Å². The molecule has 4 aromatic rings. The maximum absolute atomic E-state index is 13.3. The van der Waals surface area contributed by atoms with E-state index < -0.39 is 23.1 Å². The first-order valence-electron chi connectivity index (χ1n) is 14.5. The standard InChI is InChI=1S/C30H30F3N7O3/c1-17-13-36-25(34)24-23(38-26(40(17)24)20-4-3-11-39(14-20)28(42)29(2)15-43-16-29)18-5-7-19(8-6-18)27(41)37-22-12-21(9-10-35-22)30(31,32)33/h5-10,12-13,20H,3-4,11,14-16H2,1-2H3,(H2,34,36)(H,35,37,41)/t20-/m1/s1/i1D. The number of imidazole rings is 1. The van der Waals surface area contributed by atoms with Gasteiger partial charge in [0.25, 0.3) is 5.91 Å². The van der Waals surface area contributed by atoms with Crippen LogP contribution in [0.3, 0.4) is 0 Å². The first kappa shape index (κ1) is 27.3. The molecule has 1 atom stereocenters. The van der Waals surface area contributed by atoms with Crippen LogP contribution >= 0.6 is 0 Å². The number of anilines is 2. The van der Waals surface area contributed by atoms with E-state index in [1.807, 2.05) is 16.2 Å². The third-order valence-corrected chi connectivity index (χ3v) is 7.97. The zero-order valence-corrected chi connectivity index (χ0v) is 23.3. The summed E-state index contributed by atoms with van der Waals surface area (Å²) < 4.78 is 54.5. The highest BCUT2D eigenvalue weighted by Crippen LogP contribution is 2.37. The average molecular weight is 595 g/mol. The number of nitrogens with one attached hydrogen (secondary N) is 1. The number of carbonyl (C=O) groups excluding carboxylic acids is 2. The molecule has 13 heteroatoms. The minimum Gasteiger partial charge on any atom is -0.382 e. The fourth-order valence-corrected chi connectivity index (χ4v) is 5.63. The maximum atomic E-state index is 13.3. The monoisotopic (exact) mass is 594 g/mol. The van der Waals surface area contributed by atoms with Crippen molar-refractivity contribution in [1.82, 2.24) is 24.3 Å². The van der Waals surface area contributed by atoms with Crippen LogP contribution in [0.5, 0.6) is 0 Å². The summed E-state index contributed by atoms with van der Waals surface area (Å²) in [5.41, 5.74) is 7.37. The van der Waals surface area contributed by atoms with E-state index in [0.29, 0.717) is 54.6 Å². The SMILES string of the molecule is [2H]Cc1cnc(N)c2c(-c3ccc(C(=O)Nc4cc(C(F)(F)F)ccn4)cc3)nc([C@@H]3CCCN(C(=O)C4(C)COC4)C3)n12. The van der Waals surface area contributed by atoms with Gasteiger partial charge in [-0.15, -0.1) is 0 Å². The number of benzene rings is 1. The second-order valence-electron chi connectivity index (χ2n) is 11.2. The van der Waals surface area contributed by atoms with E-state index in [1.165, 1.54) is 12.1 Å². The zero-order chi connectivity index (χ0) is 31.2. The molecule has 0 radical (unpaired) electrons. The molecule has 10 nitrogen and oxygen atoms in total. The van der Waals surface area contributed by atoms with Gasteiger partial charge in [0.1, 0.15) is 28.7 Å². The number of piperidine rings is 1. The summed E-state index contributed by atoms with van der Waals surface area (Å²) in [4.78, 5) is 41.1. The largest absolute Gasteiger partial charge is 0.416 e. The van der Waals surface area contributed by atoms with Gasteiger partial charge >= 0.3 is 6.18 Å². The Bertz CT molecular complexity index is 1740. The Balaban J connectivity index is 1.31. The number of rotatable bonds is 5. The number of alkyl halides is 3. The number of aryl methyl sites for hydroxylation is 1. The van der Waals surface area contributed by atoms with Gasteiger partial charge in [0, 0.05) is 49.6 Å². The lowest BCUT2D eigenvalue weighted by Crippen LogP contribution is -2.55. The number of fused-ring (bicyclic) bond motifs is 1. The Labute approximate surface area is 246 Å². The number of amides is 2. The Kier molecular flexibility index (Phi) is 6.76. The number of hydrogen-bond acceptors (Lipinski definition) is 7. The molecule has 0 saturated carbocycles. The molecule has 0 unspecified atom stereocenters. The molecule has 6 rings (SSSR count). The number of likely N-dealkylation sites (tertiary alicyclic amines) is 1. The minimum atomic E-state index is -4.57. The first-order chi connectivity index (χ1) is 21.0. The van der Waals surface area contributed by atoms with Crippen LogP contribution < -0.4 is 11.1 Å². The quantitative estimate of drug-likeness (QED) is 0.343. The molecule has 2 fully saturated rings. The molecule has 224 valence electrons. The fourth-order valence-electron chi connectivity index (χ4n) is 5.63. The highest BCUT2D eigenvalue weighted by Gasteiger charge is 2.45. The highest BCUT2D eigenvalue weighted by molar-refractivity contribution is 6.04. The van der Waals surface area contributed by atoms with Crippen LogP contribution in [0.4, 0.5) is 24.8 Å². The van der Waals surface area contributed by atoms with E-state index in [1.54, 1.807) is 18.3 Å². The van der Waals surface area contributed by atoms with Crippen LogP contribution in [0.25, 0.3) is 16.8 Å². The molecule has 0 bridgehead atoms. The summed E-state index contributed by atoms with van der Waals surface area (Å²) >= 11 is 0. The van der Waals surface area contributed by atoms with Crippen molar-refractivity contribution in [3.05, 3.63) is 71.4 Å². The van der Waals surface area contributed by atoms with E-state index >= 15 is 0 Å². The summed E-state index contributed by atoms with van der Waals surface area (Å²) in [6.07, 6.45) is -0.452. The van der Waals surface area contributed by atoms with E-state index in [2.05, 4.69) is 15.3 Å². The van der Waals surface area contributed by atoms with Gasteiger partial charge in [-0.1, -0.05) is 12.1 Å². The summed E-state index contributed by atoms with van der Waals surface area (Å²) in [6.45, 7) is 3.76. The Morgan fingerprint density at radius 2 is 1.95 bits per heavy atom. The summed E-state index contributed by atoms with van der Waals surface area (Å²) in [5.74, 6) is -0.0120. The Hall–Kier alpha value is -4.52. The minimum absolute atomic E-state index is 0.0608. The second kappa shape index (κ2) is 10.6. The smallest absolute Gasteiger partial charge is 0.382 e. The lowest BCUT2D eigenvalue weighted by atomic mass is 9.85. The lowest BCUT2D eigenvalue weighted by molar-refractivity contribution is -0.170. The van der Waals surface area contributed by atoms with Crippen molar-refractivity contribution in [2.24, 2.45) is 5.41 Å². The van der Waals surface area contributed by atoms with Crippen molar-refractivity contribution in [3.8, 4) is 11.3 Å². The average Bonchev–Trinajstić information content (AvgIpc) is 3.41. The molecule has 5 heterocycles. The van der Waals surface area contributed by atoms with Gasteiger partial charge in [0.15, 0.2) is 0 Å². The van der Waals surface area contributed by atoms with Gasteiger partial charge in [0.2, 0.25) is 5.91 Å². The van der Waals surface area contributed by atoms with Crippen molar-refractivity contribution in [1.29, 1.82) is 0 Å². The van der Waals surface area contributed by atoms with Crippen LogP contribution in [0, 0.1) is 12.3 Å². The third kappa shape index (κ3) is 5.29. The Morgan fingerprint density at radius 3 is 2.63 bits per heavy atom. The number of nitrogens with zero attached hydrogens (tertiary/aromatic N) is 5. The predicted octanol–water partition coefficient (Wildman–Crippen LogP) is 4.70. The molecule has 0 aliphatic carbocycles. The highest BCUT2D eigenvalue weighted by atomic mass is 19.4. The van der Waals surface area contributed by atoms with E-state index in [4.69, 9.17) is 16.8 Å². The van der Waals surface area contributed by atoms with Gasteiger partial charge in [-0.05, 0) is 50.9 Å². The normalized spacial score (nSPS) is 18.7.